The molecular formula is C20H44N3Si. The van der Waals surface area contributed by atoms with Crippen molar-refractivity contribution in [3.8, 4) is 0 Å². The zero-order valence-electron chi connectivity index (χ0n) is 17.5. The number of aliphatic imine (C=N–C) groups is 1. The molecule has 0 amide bonds. The number of hydrogen-bond acceptors (Lipinski definition) is 1. The maximum Gasteiger partial charge on any atom is 0.195 e. The van der Waals surface area contributed by atoms with Crippen LogP contribution in [-0.4, -0.2) is 58.4 Å². The molecule has 0 spiro atoms. The van der Waals surface area contributed by atoms with Crippen LogP contribution >= 0.6 is 0 Å². The van der Waals surface area contributed by atoms with Crippen molar-refractivity contribution in [1.29, 1.82) is 0 Å². The van der Waals surface area contributed by atoms with Gasteiger partial charge in [0.15, 0.2) is 5.96 Å². The number of hydrogen-bond donors (Lipinski definition) is 0. The lowest BCUT2D eigenvalue weighted by Crippen LogP contribution is -2.42. The Bertz CT molecular complexity index is 303. The van der Waals surface area contributed by atoms with E-state index in [2.05, 4.69) is 51.0 Å². The van der Waals surface area contributed by atoms with Gasteiger partial charge in [0.1, 0.15) is 0 Å². The van der Waals surface area contributed by atoms with Gasteiger partial charge in [-0.2, -0.15) is 0 Å². The Balaban J connectivity index is 3.67. The molecule has 0 fully saturated rings. The summed E-state index contributed by atoms with van der Waals surface area (Å²) in [6, 6.07) is 0. The van der Waals surface area contributed by atoms with E-state index >= 15 is 0 Å². The molecule has 0 bridgehead atoms. The van der Waals surface area contributed by atoms with Crippen molar-refractivity contribution in [3.63, 3.8) is 0 Å². The van der Waals surface area contributed by atoms with E-state index in [1.807, 2.05) is 0 Å². The van der Waals surface area contributed by atoms with Crippen LogP contribution in [0.5, 0.6) is 0 Å². The molecule has 3 nitrogen and oxygen atoms in total. The van der Waals surface area contributed by atoms with E-state index in [1.165, 1.54) is 76.8 Å². The van der Waals surface area contributed by atoms with Crippen molar-refractivity contribution in [3.05, 3.63) is 0 Å². The monoisotopic (exact) mass is 354 g/mol. The Labute approximate surface area is 154 Å². The fourth-order valence-electron chi connectivity index (χ4n) is 3.10. The fourth-order valence-corrected chi connectivity index (χ4v) is 4.19. The highest BCUT2D eigenvalue weighted by molar-refractivity contribution is 6.56. The van der Waals surface area contributed by atoms with Crippen LogP contribution in [0.25, 0.3) is 0 Å². The van der Waals surface area contributed by atoms with Gasteiger partial charge in [0.2, 0.25) is 0 Å². The van der Waals surface area contributed by atoms with Gasteiger partial charge in [0.05, 0.1) is 8.80 Å². The molecule has 0 heterocycles. The second kappa shape index (κ2) is 16.0. The summed E-state index contributed by atoms with van der Waals surface area (Å²) in [5.74, 6) is 1.15. The van der Waals surface area contributed by atoms with E-state index < -0.39 is 0 Å². The summed E-state index contributed by atoms with van der Waals surface area (Å²) in [6.45, 7) is 7.98. The first kappa shape index (κ1) is 23.5. The standard InChI is InChI=1S/C20H44N3Si/c1-7-8-9-10-11-12-13-14-15-16-17-18-21-20(22(2)3)23(4)19-24(5)6/h7-19H2,1-6H3. The van der Waals surface area contributed by atoms with Crippen molar-refractivity contribution in [2.24, 2.45) is 4.99 Å². The highest BCUT2D eigenvalue weighted by atomic mass is 28.3. The quantitative estimate of drug-likeness (QED) is 0.179. The van der Waals surface area contributed by atoms with Crippen LogP contribution in [0, 0.1) is 0 Å². The Morgan fingerprint density at radius 3 is 1.62 bits per heavy atom. The molecule has 0 aliphatic heterocycles. The van der Waals surface area contributed by atoms with E-state index in [9.17, 15) is 0 Å². The molecule has 0 saturated heterocycles. The molecule has 0 saturated carbocycles. The Hall–Kier alpha value is -0.513. The van der Waals surface area contributed by atoms with Gasteiger partial charge in [-0.25, -0.2) is 0 Å². The lowest BCUT2D eigenvalue weighted by atomic mass is 10.1. The predicted molar refractivity (Wildman–Crippen MR) is 113 cm³/mol. The first-order valence-electron chi connectivity index (χ1n) is 10.2. The number of nitrogens with zero attached hydrogens (tertiary/aromatic N) is 3. The minimum atomic E-state index is -0.248. The molecular weight excluding hydrogens is 310 g/mol. The van der Waals surface area contributed by atoms with E-state index in [0.717, 1.165) is 12.5 Å². The van der Waals surface area contributed by atoms with Gasteiger partial charge in [0, 0.05) is 33.9 Å². The summed E-state index contributed by atoms with van der Waals surface area (Å²) in [6.07, 6.45) is 16.5. The van der Waals surface area contributed by atoms with Crippen molar-refractivity contribution in [1.82, 2.24) is 9.80 Å². The highest BCUT2D eigenvalue weighted by Crippen LogP contribution is 2.11. The third-order valence-electron chi connectivity index (χ3n) is 4.31. The van der Waals surface area contributed by atoms with Crippen LogP contribution in [-0.2, 0) is 0 Å². The maximum absolute atomic E-state index is 4.84. The molecule has 143 valence electrons. The third-order valence-corrected chi connectivity index (χ3v) is 5.42. The number of rotatable bonds is 14. The molecule has 0 N–H and O–H groups in total. The van der Waals surface area contributed by atoms with Gasteiger partial charge < -0.3 is 9.80 Å². The van der Waals surface area contributed by atoms with Crippen LogP contribution < -0.4 is 0 Å². The molecule has 0 aromatic carbocycles. The molecule has 4 heteroatoms. The molecule has 0 aromatic heterocycles. The van der Waals surface area contributed by atoms with Crippen molar-refractivity contribution >= 4 is 14.8 Å². The van der Waals surface area contributed by atoms with Crippen molar-refractivity contribution < 1.29 is 0 Å². The molecule has 0 aliphatic carbocycles. The smallest absolute Gasteiger partial charge is 0.195 e. The maximum atomic E-state index is 4.84. The van der Waals surface area contributed by atoms with E-state index in [1.54, 1.807) is 0 Å². The molecule has 0 aliphatic rings. The largest absolute Gasteiger partial charge is 0.349 e. The average molecular weight is 355 g/mol. The highest BCUT2D eigenvalue weighted by Gasteiger charge is 2.10. The zero-order valence-corrected chi connectivity index (χ0v) is 18.5. The van der Waals surface area contributed by atoms with E-state index in [-0.39, 0.29) is 8.80 Å². The summed E-state index contributed by atoms with van der Waals surface area (Å²) in [5.41, 5.74) is 0. The fraction of sp³-hybridized carbons (Fsp3) is 0.950. The van der Waals surface area contributed by atoms with Gasteiger partial charge in [0.25, 0.3) is 0 Å². The summed E-state index contributed by atoms with van der Waals surface area (Å²) < 4.78 is 0. The SMILES string of the molecule is CCCCCCCCCCCCCN=C(N(C)C)N(C)C[Si](C)C. The number of guanidine groups is 1. The van der Waals surface area contributed by atoms with Crippen LogP contribution in [0.1, 0.15) is 77.6 Å². The van der Waals surface area contributed by atoms with Gasteiger partial charge in [-0.05, 0) is 6.42 Å². The van der Waals surface area contributed by atoms with E-state index in [0.29, 0.717) is 0 Å². The second-order valence-electron chi connectivity index (χ2n) is 7.67. The van der Waals surface area contributed by atoms with Gasteiger partial charge in [-0.3, -0.25) is 4.99 Å². The van der Waals surface area contributed by atoms with Gasteiger partial charge in [-0.1, -0.05) is 84.2 Å². The topological polar surface area (TPSA) is 18.8 Å². The Kier molecular flexibility index (Phi) is 15.6. The molecule has 0 atom stereocenters. The molecule has 24 heavy (non-hydrogen) atoms. The molecule has 0 rings (SSSR count). The average Bonchev–Trinajstić information content (AvgIpc) is 2.50. The normalized spacial score (nSPS) is 12.0. The third kappa shape index (κ3) is 13.9. The minimum Gasteiger partial charge on any atom is -0.349 e. The molecule has 0 aromatic rings. The van der Waals surface area contributed by atoms with Crippen LogP contribution in [0.2, 0.25) is 13.1 Å². The number of unbranched alkanes of at least 4 members (excludes halogenated alkanes) is 10. The summed E-state index contributed by atoms with van der Waals surface area (Å²) in [5, 5.41) is 0. The van der Waals surface area contributed by atoms with Crippen LogP contribution in [0.3, 0.4) is 0 Å². The Morgan fingerprint density at radius 2 is 1.21 bits per heavy atom. The predicted octanol–water partition coefficient (Wildman–Crippen LogP) is 5.44. The minimum absolute atomic E-state index is 0.248. The van der Waals surface area contributed by atoms with Crippen molar-refractivity contribution in [2.45, 2.75) is 90.6 Å². The summed E-state index contributed by atoms with van der Waals surface area (Å²) in [7, 11) is 6.14. The molecule has 0 unspecified atom stereocenters. The van der Waals surface area contributed by atoms with Gasteiger partial charge >= 0.3 is 0 Å². The van der Waals surface area contributed by atoms with E-state index in [4.69, 9.17) is 4.99 Å². The van der Waals surface area contributed by atoms with Crippen molar-refractivity contribution in [2.75, 3.05) is 33.9 Å². The van der Waals surface area contributed by atoms with Crippen LogP contribution in [0.4, 0.5) is 0 Å². The first-order chi connectivity index (χ1) is 11.5. The first-order valence-corrected chi connectivity index (χ1v) is 12.9. The lowest BCUT2D eigenvalue weighted by molar-refractivity contribution is 0.461. The summed E-state index contributed by atoms with van der Waals surface area (Å²) >= 11 is 0. The Morgan fingerprint density at radius 1 is 0.750 bits per heavy atom. The second-order valence-corrected chi connectivity index (χ2v) is 10.4. The zero-order chi connectivity index (χ0) is 18.2. The van der Waals surface area contributed by atoms with Gasteiger partial charge in [-0.15, -0.1) is 0 Å². The molecule has 1 radical (unpaired) electrons. The van der Waals surface area contributed by atoms with Crippen LogP contribution in [0.15, 0.2) is 4.99 Å². The summed E-state index contributed by atoms with van der Waals surface area (Å²) in [4.78, 5) is 9.32. The lowest BCUT2D eigenvalue weighted by Gasteiger charge is -2.27.